The third-order valence-electron chi connectivity index (χ3n) is 2.66. The summed E-state index contributed by atoms with van der Waals surface area (Å²) in [7, 11) is -2.32. The summed E-state index contributed by atoms with van der Waals surface area (Å²) in [6.07, 6.45) is 1.33. The molecule has 8 heteroatoms. The number of methoxy groups -OCH3 is 1. The first kappa shape index (κ1) is 17.8. The third-order valence-corrected chi connectivity index (χ3v) is 4.15. The number of benzene rings is 1. The van der Waals surface area contributed by atoms with Gasteiger partial charge in [-0.25, -0.2) is 17.5 Å². The normalized spacial score (nSPS) is 11.6. The summed E-state index contributed by atoms with van der Waals surface area (Å²) < 4.78 is 50.2. The van der Waals surface area contributed by atoms with Crippen molar-refractivity contribution in [3.8, 4) is 5.75 Å². The Morgan fingerprint density at radius 2 is 2.05 bits per heavy atom. The van der Waals surface area contributed by atoms with Crippen LogP contribution in [0.5, 0.6) is 5.75 Å². The number of ether oxygens (including phenoxy) is 2. The lowest BCUT2D eigenvalue weighted by Crippen LogP contribution is -2.26. The molecule has 0 saturated heterocycles. The predicted molar refractivity (Wildman–Crippen MR) is 77.2 cm³/mol. The van der Waals surface area contributed by atoms with Gasteiger partial charge in [0.05, 0.1) is 6.61 Å². The largest absolute Gasteiger partial charge is 0.490 e. The number of nitrogens with two attached hydrogens (primary N) is 1. The fourth-order valence-electron chi connectivity index (χ4n) is 1.60. The van der Waals surface area contributed by atoms with E-state index in [0.717, 1.165) is 12.1 Å². The molecule has 0 heterocycles. The van der Waals surface area contributed by atoms with E-state index in [-0.39, 0.29) is 23.8 Å². The summed E-state index contributed by atoms with van der Waals surface area (Å²) in [5.41, 5.74) is 5.34. The van der Waals surface area contributed by atoms with E-state index in [2.05, 4.69) is 4.72 Å². The Kier molecular flexibility index (Phi) is 7.58. The summed E-state index contributed by atoms with van der Waals surface area (Å²) in [4.78, 5) is -0.216. The molecule has 120 valence electrons. The van der Waals surface area contributed by atoms with E-state index in [0.29, 0.717) is 26.0 Å². The van der Waals surface area contributed by atoms with Gasteiger partial charge in [0.1, 0.15) is 23.1 Å². The quantitative estimate of drug-likeness (QED) is 0.624. The van der Waals surface area contributed by atoms with Crippen LogP contribution >= 0.6 is 0 Å². The summed E-state index contributed by atoms with van der Waals surface area (Å²) >= 11 is 0. The first-order valence-electron chi connectivity index (χ1n) is 6.62. The molecule has 0 spiro atoms. The van der Waals surface area contributed by atoms with Gasteiger partial charge in [0.2, 0.25) is 10.0 Å². The van der Waals surface area contributed by atoms with Crippen molar-refractivity contribution in [2.24, 2.45) is 5.73 Å². The van der Waals surface area contributed by atoms with Crippen molar-refractivity contribution in [1.29, 1.82) is 0 Å². The Labute approximate surface area is 124 Å². The predicted octanol–water partition coefficient (Wildman–Crippen LogP) is 0.868. The van der Waals surface area contributed by atoms with Crippen LogP contribution in [0.3, 0.4) is 0 Å². The third kappa shape index (κ3) is 5.96. The molecule has 0 saturated carbocycles. The van der Waals surface area contributed by atoms with Crippen LogP contribution in [0.15, 0.2) is 23.1 Å². The molecule has 0 atom stereocenters. The molecule has 3 N–H and O–H groups in total. The molecule has 0 bridgehead atoms. The minimum absolute atomic E-state index is 0.0970. The molecular formula is C13H21FN2O4S. The molecular weight excluding hydrogens is 299 g/mol. The highest BCUT2D eigenvalue weighted by Gasteiger charge is 2.20. The Morgan fingerprint density at radius 1 is 1.29 bits per heavy atom. The van der Waals surface area contributed by atoms with Gasteiger partial charge in [0.25, 0.3) is 0 Å². The average molecular weight is 320 g/mol. The maximum atomic E-state index is 13.3. The van der Waals surface area contributed by atoms with Crippen molar-refractivity contribution in [2.75, 3.05) is 33.4 Å². The van der Waals surface area contributed by atoms with E-state index in [1.807, 2.05) is 0 Å². The molecule has 0 aliphatic carbocycles. The Morgan fingerprint density at radius 3 is 2.71 bits per heavy atom. The zero-order valence-corrected chi connectivity index (χ0v) is 12.8. The fourth-order valence-corrected chi connectivity index (χ4v) is 2.83. The van der Waals surface area contributed by atoms with Crippen molar-refractivity contribution >= 4 is 10.0 Å². The van der Waals surface area contributed by atoms with Crippen LogP contribution < -0.4 is 15.2 Å². The molecule has 0 unspecified atom stereocenters. The minimum Gasteiger partial charge on any atom is -0.490 e. The molecule has 0 aliphatic rings. The molecule has 6 nitrogen and oxygen atoms in total. The lowest BCUT2D eigenvalue weighted by Gasteiger charge is -2.12. The van der Waals surface area contributed by atoms with Crippen LogP contribution in [-0.4, -0.2) is 41.8 Å². The monoisotopic (exact) mass is 320 g/mol. The van der Waals surface area contributed by atoms with Gasteiger partial charge in [0.15, 0.2) is 0 Å². The van der Waals surface area contributed by atoms with E-state index >= 15 is 0 Å². The molecule has 0 aliphatic heterocycles. The molecule has 0 amide bonds. The maximum absolute atomic E-state index is 13.3. The van der Waals surface area contributed by atoms with E-state index in [4.69, 9.17) is 15.2 Å². The molecule has 21 heavy (non-hydrogen) atoms. The van der Waals surface area contributed by atoms with Crippen LogP contribution in [-0.2, 0) is 14.8 Å². The number of unbranched alkanes of at least 4 members (excludes halogenated alkanes) is 1. The molecule has 0 fully saturated rings. The van der Waals surface area contributed by atoms with Crippen molar-refractivity contribution < 1.29 is 22.3 Å². The van der Waals surface area contributed by atoms with Gasteiger partial charge >= 0.3 is 0 Å². The maximum Gasteiger partial charge on any atom is 0.244 e. The summed E-state index contributed by atoms with van der Waals surface area (Å²) in [6.45, 7) is 1.22. The van der Waals surface area contributed by atoms with Crippen molar-refractivity contribution in [3.63, 3.8) is 0 Å². The first-order valence-corrected chi connectivity index (χ1v) is 8.10. The van der Waals surface area contributed by atoms with Crippen LogP contribution in [0.4, 0.5) is 4.39 Å². The highest BCUT2D eigenvalue weighted by atomic mass is 32.2. The number of rotatable bonds is 10. The molecule has 1 aromatic carbocycles. The van der Waals surface area contributed by atoms with Crippen LogP contribution in [0, 0.1) is 5.82 Å². The average Bonchev–Trinajstić information content (AvgIpc) is 2.45. The van der Waals surface area contributed by atoms with Crippen LogP contribution in [0.1, 0.15) is 12.8 Å². The number of halogens is 1. The number of hydrogen-bond acceptors (Lipinski definition) is 5. The molecule has 0 aromatic heterocycles. The Hall–Kier alpha value is -1.22. The van der Waals surface area contributed by atoms with Gasteiger partial charge < -0.3 is 15.2 Å². The van der Waals surface area contributed by atoms with E-state index < -0.39 is 15.8 Å². The minimum atomic E-state index is -3.83. The van der Waals surface area contributed by atoms with Crippen LogP contribution in [0.25, 0.3) is 0 Å². The van der Waals surface area contributed by atoms with Crippen molar-refractivity contribution in [3.05, 3.63) is 24.0 Å². The fraction of sp³-hybridized carbons (Fsp3) is 0.538. The second kappa shape index (κ2) is 8.93. The summed E-state index contributed by atoms with van der Waals surface area (Å²) in [5.74, 6) is -0.545. The highest BCUT2D eigenvalue weighted by Crippen LogP contribution is 2.24. The number of hydrogen-bond donors (Lipinski definition) is 2. The zero-order valence-electron chi connectivity index (χ0n) is 12.0. The SMILES string of the molecule is COCCOc1ccc(F)cc1S(=O)(=O)NCCCCN. The van der Waals surface area contributed by atoms with Gasteiger partial charge in [-0.15, -0.1) is 0 Å². The number of nitrogens with one attached hydrogen (secondary N) is 1. The second-order valence-corrected chi connectivity index (χ2v) is 6.06. The van der Waals surface area contributed by atoms with Gasteiger partial charge in [-0.3, -0.25) is 0 Å². The summed E-state index contributed by atoms with van der Waals surface area (Å²) in [6, 6.07) is 3.38. The smallest absolute Gasteiger partial charge is 0.244 e. The lowest BCUT2D eigenvalue weighted by atomic mass is 10.3. The Bertz CT molecular complexity index is 537. The van der Waals surface area contributed by atoms with Gasteiger partial charge in [-0.2, -0.15) is 0 Å². The lowest BCUT2D eigenvalue weighted by molar-refractivity contribution is 0.144. The molecule has 0 radical (unpaired) electrons. The number of sulfonamides is 1. The first-order chi connectivity index (χ1) is 10.0. The zero-order chi connectivity index (χ0) is 15.7. The van der Waals surface area contributed by atoms with Gasteiger partial charge in [0, 0.05) is 13.7 Å². The Balaban J connectivity index is 2.84. The molecule has 1 aromatic rings. The van der Waals surface area contributed by atoms with Gasteiger partial charge in [-0.05, 0) is 37.6 Å². The topological polar surface area (TPSA) is 90.6 Å². The van der Waals surface area contributed by atoms with Gasteiger partial charge in [-0.1, -0.05) is 0 Å². The molecule has 1 rings (SSSR count). The highest BCUT2D eigenvalue weighted by molar-refractivity contribution is 7.89. The van der Waals surface area contributed by atoms with Crippen molar-refractivity contribution in [1.82, 2.24) is 4.72 Å². The standard InChI is InChI=1S/C13H21FN2O4S/c1-19-8-9-20-12-5-4-11(14)10-13(12)21(17,18)16-7-3-2-6-15/h4-5,10,16H,2-3,6-9,15H2,1H3. The van der Waals surface area contributed by atoms with E-state index in [9.17, 15) is 12.8 Å². The van der Waals surface area contributed by atoms with E-state index in [1.165, 1.54) is 13.2 Å². The second-order valence-electron chi connectivity index (χ2n) is 4.33. The van der Waals surface area contributed by atoms with Crippen molar-refractivity contribution in [2.45, 2.75) is 17.7 Å². The van der Waals surface area contributed by atoms with E-state index in [1.54, 1.807) is 0 Å². The van der Waals surface area contributed by atoms with Crippen LogP contribution in [0.2, 0.25) is 0 Å². The summed E-state index contributed by atoms with van der Waals surface area (Å²) in [5, 5.41) is 0.